The van der Waals surface area contributed by atoms with Crippen LogP contribution in [0.15, 0.2) is 48.5 Å². The minimum Gasteiger partial charge on any atom is -0.311 e. The van der Waals surface area contributed by atoms with Gasteiger partial charge < -0.3 is 4.90 Å². The Balaban J connectivity index is 1.62. The Morgan fingerprint density at radius 3 is 2.50 bits per heavy atom. The fraction of sp³-hybridized carbons (Fsp3) is 0.211. The highest BCUT2D eigenvalue weighted by atomic mass is 16.2. The maximum atomic E-state index is 12.8. The SMILES string of the molecule is O=C1C(=O)N(CC(=O)N2CCCc3ccccc32)c2ccccc21. The van der Waals surface area contributed by atoms with Crippen molar-refractivity contribution in [1.82, 2.24) is 0 Å². The van der Waals surface area contributed by atoms with E-state index >= 15 is 0 Å². The normalized spacial score (nSPS) is 16.2. The molecule has 2 aromatic rings. The molecule has 0 saturated heterocycles. The number of fused-ring (bicyclic) bond motifs is 2. The second-order valence-corrected chi connectivity index (χ2v) is 6.02. The van der Waals surface area contributed by atoms with Gasteiger partial charge in [0.05, 0.1) is 11.3 Å². The summed E-state index contributed by atoms with van der Waals surface area (Å²) < 4.78 is 0. The standard InChI is InChI=1S/C19H16N2O3/c22-17(20-11-5-7-13-6-1-3-9-15(13)20)12-21-16-10-4-2-8-14(16)18(23)19(21)24/h1-4,6,8-10H,5,7,11-12H2. The molecule has 0 spiro atoms. The molecule has 4 rings (SSSR count). The van der Waals surface area contributed by atoms with Crippen LogP contribution in [0.5, 0.6) is 0 Å². The number of ketones is 1. The number of hydrogen-bond acceptors (Lipinski definition) is 3. The van der Waals surface area contributed by atoms with Gasteiger partial charge in [0.1, 0.15) is 6.54 Å². The van der Waals surface area contributed by atoms with E-state index in [0.717, 1.165) is 24.1 Å². The summed E-state index contributed by atoms with van der Waals surface area (Å²) in [7, 11) is 0. The van der Waals surface area contributed by atoms with E-state index < -0.39 is 11.7 Å². The van der Waals surface area contributed by atoms with Crippen LogP contribution >= 0.6 is 0 Å². The summed E-state index contributed by atoms with van der Waals surface area (Å²) in [5.41, 5.74) is 2.93. The average Bonchev–Trinajstić information content (AvgIpc) is 2.86. The fourth-order valence-corrected chi connectivity index (χ4v) is 3.42. The van der Waals surface area contributed by atoms with E-state index in [1.54, 1.807) is 29.2 Å². The highest BCUT2D eigenvalue weighted by molar-refractivity contribution is 6.52. The van der Waals surface area contributed by atoms with Crippen molar-refractivity contribution < 1.29 is 14.4 Å². The van der Waals surface area contributed by atoms with Gasteiger partial charge in [-0.1, -0.05) is 30.3 Å². The number of Topliss-reactive ketones (excluding diaryl/α,β-unsaturated/α-hetero) is 1. The van der Waals surface area contributed by atoms with Gasteiger partial charge in [-0.25, -0.2) is 0 Å². The summed E-state index contributed by atoms with van der Waals surface area (Å²) in [5, 5.41) is 0. The van der Waals surface area contributed by atoms with Crippen LogP contribution in [0.1, 0.15) is 22.3 Å². The first-order valence-corrected chi connectivity index (χ1v) is 8.00. The lowest BCUT2D eigenvalue weighted by Gasteiger charge is -2.30. The molecule has 2 aliphatic heterocycles. The molecule has 0 radical (unpaired) electrons. The van der Waals surface area contributed by atoms with Crippen molar-refractivity contribution in [2.75, 3.05) is 22.9 Å². The summed E-state index contributed by atoms with van der Waals surface area (Å²) in [4.78, 5) is 40.1. The molecule has 2 aromatic carbocycles. The average molecular weight is 320 g/mol. The summed E-state index contributed by atoms with van der Waals surface area (Å²) in [6, 6.07) is 14.6. The Bertz CT molecular complexity index is 859. The second-order valence-electron chi connectivity index (χ2n) is 6.02. The van der Waals surface area contributed by atoms with Gasteiger partial charge in [0.25, 0.3) is 11.7 Å². The zero-order valence-corrected chi connectivity index (χ0v) is 13.1. The van der Waals surface area contributed by atoms with Crippen molar-refractivity contribution in [1.29, 1.82) is 0 Å². The molecule has 0 aromatic heterocycles. The molecule has 24 heavy (non-hydrogen) atoms. The molecule has 0 fully saturated rings. The van der Waals surface area contributed by atoms with Gasteiger partial charge in [-0.3, -0.25) is 19.3 Å². The Hall–Kier alpha value is -2.95. The first-order valence-electron chi connectivity index (χ1n) is 8.00. The van der Waals surface area contributed by atoms with Crippen LogP contribution < -0.4 is 9.80 Å². The Morgan fingerprint density at radius 2 is 1.67 bits per heavy atom. The number of anilines is 2. The van der Waals surface area contributed by atoms with E-state index in [4.69, 9.17) is 0 Å². The number of benzene rings is 2. The van der Waals surface area contributed by atoms with Crippen LogP contribution in [0.4, 0.5) is 11.4 Å². The number of amides is 2. The maximum Gasteiger partial charge on any atom is 0.299 e. The molecule has 0 unspecified atom stereocenters. The smallest absolute Gasteiger partial charge is 0.299 e. The molecule has 2 amide bonds. The monoisotopic (exact) mass is 320 g/mol. The third kappa shape index (κ3) is 2.21. The van der Waals surface area contributed by atoms with Crippen LogP contribution in [0.2, 0.25) is 0 Å². The number of carbonyl (C=O) groups is 3. The predicted molar refractivity (Wildman–Crippen MR) is 90.2 cm³/mol. The molecule has 0 N–H and O–H groups in total. The molecule has 0 bridgehead atoms. The van der Waals surface area contributed by atoms with Crippen LogP contribution in [-0.4, -0.2) is 30.7 Å². The third-order valence-corrected chi connectivity index (χ3v) is 4.58. The quantitative estimate of drug-likeness (QED) is 0.797. The number of para-hydroxylation sites is 2. The van der Waals surface area contributed by atoms with Crippen LogP contribution in [0.25, 0.3) is 0 Å². The van der Waals surface area contributed by atoms with Gasteiger partial charge in [-0.05, 0) is 36.6 Å². The summed E-state index contributed by atoms with van der Waals surface area (Å²) in [5.74, 6) is -1.34. The second kappa shape index (κ2) is 5.60. The lowest BCUT2D eigenvalue weighted by Crippen LogP contribution is -2.44. The molecule has 2 aliphatic rings. The topological polar surface area (TPSA) is 57.7 Å². The van der Waals surface area contributed by atoms with Crippen molar-refractivity contribution >= 4 is 29.0 Å². The first kappa shape index (κ1) is 14.6. The van der Waals surface area contributed by atoms with E-state index in [1.807, 2.05) is 24.3 Å². The van der Waals surface area contributed by atoms with Gasteiger partial charge in [0.2, 0.25) is 5.91 Å². The number of aryl methyl sites for hydroxylation is 1. The van der Waals surface area contributed by atoms with Crippen molar-refractivity contribution in [2.24, 2.45) is 0 Å². The Morgan fingerprint density at radius 1 is 0.958 bits per heavy atom. The van der Waals surface area contributed by atoms with Gasteiger partial charge in [-0.2, -0.15) is 0 Å². The van der Waals surface area contributed by atoms with Gasteiger partial charge in [0, 0.05) is 12.2 Å². The highest BCUT2D eigenvalue weighted by Gasteiger charge is 2.37. The van der Waals surface area contributed by atoms with E-state index in [9.17, 15) is 14.4 Å². The van der Waals surface area contributed by atoms with Crippen LogP contribution in [-0.2, 0) is 16.0 Å². The molecule has 5 heteroatoms. The number of nitrogens with zero attached hydrogens (tertiary/aromatic N) is 2. The fourth-order valence-electron chi connectivity index (χ4n) is 3.42. The maximum absolute atomic E-state index is 12.8. The van der Waals surface area contributed by atoms with Crippen molar-refractivity contribution in [2.45, 2.75) is 12.8 Å². The molecule has 0 aliphatic carbocycles. The first-order chi connectivity index (χ1) is 11.7. The van der Waals surface area contributed by atoms with E-state index in [2.05, 4.69) is 0 Å². The molecule has 0 atom stereocenters. The van der Waals surface area contributed by atoms with Crippen LogP contribution in [0, 0.1) is 0 Å². The van der Waals surface area contributed by atoms with Crippen molar-refractivity contribution in [3.63, 3.8) is 0 Å². The summed E-state index contributed by atoms with van der Waals surface area (Å²) >= 11 is 0. The van der Waals surface area contributed by atoms with Crippen molar-refractivity contribution in [3.8, 4) is 0 Å². The molecule has 0 saturated carbocycles. The van der Waals surface area contributed by atoms with Crippen molar-refractivity contribution in [3.05, 3.63) is 59.7 Å². The minimum absolute atomic E-state index is 0.115. The number of hydrogen-bond donors (Lipinski definition) is 0. The number of rotatable bonds is 2. The zero-order valence-electron chi connectivity index (χ0n) is 13.1. The summed E-state index contributed by atoms with van der Waals surface area (Å²) in [6.45, 7) is 0.517. The third-order valence-electron chi connectivity index (χ3n) is 4.58. The molecule has 2 heterocycles. The van der Waals surface area contributed by atoms with E-state index in [-0.39, 0.29) is 12.5 Å². The highest BCUT2D eigenvalue weighted by Crippen LogP contribution is 2.30. The Kier molecular flexibility index (Phi) is 3.41. The molecular formula is C19H16N2O3. The Labute approximate surface area is 139 Å². The van der Waals surface area contributed by atoms with Crippen LogP contribution in [0.3, 0.4) is 0 Å². The molecular weight excluding hydrogens is 304 g/mol. The minimum atomic E-state index is -0.630. The lowest BCUT2D eigenvalue weighted by molar-refractivity contribution is -0.120. The predicted octanol–water partition coefficient (Wildman–Crippen LogP) is 2.20. The lowest BCUT2D eigenvalue weighted by atomic mass is 10.0. The van der Waals surface area contributed by atoms with Gasteiger partial charge >= 0.3 is 0 Å². The molecule has 120 valence electrons. The van der Waals surface area contributed by atoms with E-state index in [0.29, 0.717) is 17.8 Å². The molecule has 5 nitrogen and oxygen atoms in total. The number of carbonyl (C=O) groups excluding carboxylic acids is 3. The van der Waals surface area contributed by atoms with Gasteiger partial charge in [0.15, 0.2) is 0 Å². The van der Waals surface area contributed by atoms with E-state index in [1.165, 1.54) is 4.90 Å². The van der Waals surface area contributed by atoms with Gasteiger partial charge in [-0.15, -0.1) is 0 Å². The zero-order chi connectivity index (χ0) is 16.7. The summed E-state index contributed by atoms with van der Waals surface area (Å²) in [6.07, 6.45) is 1.84. The largest absolute Gasteiger partial charge is 0.311 e.